The summed E-state index contributed by atoms with van der Waals surface area (Å²) in [7, 11) is 1.19. The smallest absolute Gasteiger partial charge is 0.312 e. The second-order valence-electron chi connectivity index (χ2n) is 4.34. The molecule has 0 amide bonds. The number of hydrogen-bond donors (Lipinski definition) is 0. The van der Waals surface area contributed by atoms with Gasteiger partial charge < -0.3 is 4.74 Å². The highest BCUT2D eigenvalue weighted by molar-refractivity contribution is 8.13. The molecule has 0 atom stereocenters. The Hall–Kier alpha value is -1.60. The SMILES string of the molecule is C=C(C)CCOc1cc(C)c(S(=O)(=O)Cl)cc1[N+](=O)[O-]. The number of halogens is 1. The van der Waals surface area contributed by atoms with Gasteiger partial charge in [-0.25, -0.2) is 8.42 Å². The Morgan fingerprint density at radius 1 is 1.50 bits per heavy atom. The third kappa shape index (κ3) is 4.21. The molecule has 0 saturated heterocycles. The molecule has 0 heterocycles. The van der Waals surface area contributed by atoms with Gasteiger partial charge in [-0.05, 0) is 25.5 Å². The van der Waals surface area contributed by atoms with Crippen LogP contribution in [0.2, 0.25) is 0 Å². The first-order valence-electron chi connectivity index (χ1n) is 5.64. The maximum atomic E-state index is 11.3. The number of ether oxygens (including phenoxy) is 1. The lowest BCUT2D eigenvalue weighted by atomic mass is 10.2. The van der Waals surface area contributed by atoms with Crippen molar-refractivity contribution in [1.82, 2.24) is 0 Å². The number of aryl methyl sites for hydroxylation is 1. The molecule has 110 valence electrons. The minimum atomic E-state index is -4.04. The van der Waals surface area contributed by atoms with Gasteiger partial charge in [0.25, 0.3) is 9.05 Å². The van der Waals surface area contributed by atoms with Crippen molar-refractivity contribution >= 4 is 25.4 Å². The zero-order chi connectivity index (χ0) is 15.5. The Balaban J connectivity index is 3.22. The first-order valence-corrected chi connectivity index (χ1v) is 7.94. The van der Waals surface area contributed by atoms with Crippen LogP contribution in [0.1, 0.15) is 18.9 Å². The molecule has 0 aliphatic heterocycles. The number of nitro groups is 1. The van der Waals surface area contributed by atoms with E-state index in [0.29, 0.717) is 6.42 Å². The van der Waals surface area contributed by atoms with Crippen LogP contribution in [0, 0.1) is 17.0 Å². The average molecular weight is 320 g/mol. The molecule has 6 nitrogen and oxygen atoms in total. The zero-order valence-electron chi connectivity index (χ0n) is 11.1. The molecule has 0 bridgehead atoms. The lowest BCUT2D eigenvalue weighted by molar-refractivity contribution is -0.386. The van der Waals surface area contributed by atoms with Crippen molar-refractivity contribution in [2.24, 2.45) is 0 Å². The quantitative estimate of drug-likeness (QED) is 0.348. The van der Waals surface area contributed by atoms with Crippen LogP contribution in [0.4, 0.5) is 5.69 Å². The number of rotatable bonds is 6. The number of hydrogen-bond acceptors (Lipinski definition) is 5. The Bertz CT molecular complexity index is 654. The fourth-order valence-corrected chi connectivity index (χ4v) is 2.70. The summed E-state index contributed by atoms with van der Waals surface area (Å²) in [5, 5.41) is 11.0. The largest absolute Gasteiger partial charge is 0.486 e. The molecule has 0 radical (unpaired) electrons. The molecule has 0 saturated carbocycles. The maximum Gasteiger partial charge on any atom is 0.312 e. The van der Waals surface area contributed by atoms with Gasteiger partial charge in [-0.1, -0.05) is 5.57 Å². The molecule has 1 aromatic carbocycles. The molecule has 0 N–H and O–H groups in total. The van der Waals surface area contributed by atoms with Crippen LogP contribution in [0.5, 0.6) is 5.75 Å². The van der Waals surface area contributed by atoms with E-state index in [1.165, 1.54) is 13.0 Å². The lowest BCUT2D eigenvalue weighted by Gasteiger charge is -2.09. The van der Waals surface area contributed by atoms with Crippen molar-refractivity contribution in [2.75, 3.05) is 6.61 Å². The van der Waals surface area contributed by atoms with Crippen molar-refractivity contribution in [3.8, 4) is 5.75 Å². The second-order valence-corrected chi connectivity index (χ2v) is 6.87. The van der Waals surface area contributed by atoms with Crippen molar-refractivity contribution in [1.29, 1.82) is 0 Å². The van der Waals surface area contributed by atoms with Gasteiger partial charge in [0.05, 0.1) is 16.4 Å². The predicted molar refractivity (Wildman–Crippen MR) is 75.8 cm³/mol. The zero-order valence-corrected chi connectivity index (χ0v) is 12.6. The average Bonchev–Trinajstić information content (AvgIpc) is 2.26. The fourth-order valence-electron chi connectivity index (χ4n) is 1.51. The van der Waals surface area contributed by atoms with E-state index in [1.54, 1.807) is 0 Å². The minimum Gasteiger partial charge on any atom is -0.486 e. The maximum absolute atomic E-state index is 11.3. The lowest BCUT2D eigenvalue weighted by Crippen LogP contribution is -2.04. The van der Waals surface area contributed by atoms with Crippen LogP contribution in [0.25, 0.3) is 0 Å². The molecular weight excluding hydrogens is 306 g/mol. The van der Waals surface area contributed by atoms with E-state index in [-0.39, 0.29) is 22.8 Å². The summed E-state index contributed by atoms with van der Waals surface area (Å²) < 4.78 is 28.0. The molecule has 1 aromatic rings. The fraction of sp³-hybridized carbons (Fsp3) is 0.333. The highest BCUT2D eigenvalue weighted by atomic mass is 35.7. The first kappa shape index (κ1) is 16.5. The summed E-state index contributed by atoms with van der Waals surface area (Å²) in [5.74, 6) is 0.0119. The standard InChI is InChI=1S/C12H14ClNO5S/c1-8(2)4-5-19-11-6-9(3)12(20(13,17)18)7-10(11)14(15)16/h6-7H,1,4-5H2,2-3H3. The Morgan fingerprint density at radius 2 is 2.10 bits per heavy atom. The third-order valence-electron chi connectivity index (χ3n) is 2.50. The van der Waals surface area contributed by atoms with Gasteiger partial charge >= 0.3 is 5.69 Å². The Labute approximate surface area is 121 Å². The summed E-state index contributed by atoms with van der Waals surface area (Å²) in [4.78, 5) is 9.98. The van der Waals surface area contributed by atoms with Crippen LogP contribution in [-0.4, -0.2) is 19.9 Å². The summed E-state index contributed by atoms with van der Waals surface area (Å²) in [6.45, 7) is 7.22. The molecule has 0 unspecified atom stereocenters. The molecule has 0 aliphatic carbocycles. The molecule has 20 heavy (non-hydrogen) atoms. The normalized spacial score (nSPS) is 11.2. The minimum absolute atomic E-state index is 0.0119. The molecule has 0 aromatic heterocycles. The van der Waals surface area contributed by atoms with Crippen LogP contribution < -0.4 is 4.74 Å². The summed E-state index contributed by atoms with van der Waals surface area (Å²) in [6, 6.07) is 2.21. The number of benzene rings is 1. The van der Waals surface area contributed by atoms with Crippen molar-refractivity contribution in [3.05, 3.63) is 40.0 Å². The van der Waals surface area contributed by atoms with Gasteiger partial charge in [-0.3, -0.25) is 10.1 Å². The molecule has 0 aliphatic rings. The van der Waals surface area contributed by atoms with E-state index >= 15 is 0 Å². The Kier molecular flexibility index (Phi) is 5.13. The van der Waals surface area contributed by atoms with E-state index < -0.39 is 19.7 Å². The summed E-state index contributed by atoms with van der Waals surface area (Å²) in [6.07, 6.45) is 0.547. The van der Waals surface area contributed by atoms with Gasteiger partial charge in [0.15, 0.2) is 5.75 Å². The Morgan fingerprint density at radius 3 is 2.55 bits per heavy atom. The summed E-state index contributed by atoms with van der Waals surface area (Å²) in [5.41, 5.74) is 0.733. The summed E-state index contributed by atoms with van der Waals surface area (Å²) >= 11 is 0. The van der Waals surface area contributed by atoms with Crippen molar-refractivity contribution in [3.63, 3.8) is 0 Å². The van der Waals surface area contributed by atoms with Crippen molar-refractivity contribution < 1.29 is 18.1 Å². The van der Waals surface area contributed by atoms with E-state index in [2.05, 4.69) is 6.58 Å². The van der Waals surface area contributed by atoms with Gasteiger partial charge in [0.1, 0.15) is 0 Å². The third-order valence-corrected chi connectivity index (χ3v) is 3.97. The predicted octanol–water partition coefficient (Wildman–Crippen LogP) is 3.18. The van der Waals surface area contributed by atoms with Gasteiger partial charge in [-0.15, -0.1) is 6.58 Å². The monoisotopic (exact) mass is 319 g/mol. The highest BCUT2D eigenvalue weighted by Crippen LogP contribution is 2.33. The molecule has 8 heteroatoms. The van der Waals surface area contributed by atoms with Crippen LogP contribution in [-0.2, 0) is 9.05 Å². The van der Waals surface area contributed by atoms with Gasteiger partial charge in [0, 0.05) is 23.2 Å². The van der Waals surface area contributed by atoms with E-state index in [1.807, 2.05) is 6.92 Å². The first-order chi connectivity index (χ1) is 9.12. The molecule has 1 rings (SSSR count). The topological polar surface area (TPSA) is 86.5 Å². The molecule has 0 spiro atoms. The second kappa shape index (κ2) is 6.23. The van der Waals surface area contributed by atoms with E-state index in [9.17, 15) is 18.5 Å². The van der Waals surface area contributed by atoms with Gasteiger partial charge in [-0.2, -0.15) is 0 Å². The van der Waals surface area contributed by atoms with Gasteiger partial charge in [0.2, 0.25) is 0 Å². The highest BCUT2D eigenvalue weighted by Gasteiger charge is 2.23. The van der Waals surface area contributed by atoms with Crippen molar-refractivity contribution in [2.45, 2.75) is 25.2 Å². The number of nitrogens with zero attached hydrogens (tertiary/aromatic N) is 1. The van der Waals surface area contributed by atoms with E-state index in [0.717, 1.165) is 11.6 Å². The van der Waals surface area contributed by atoms with Crippen LogP contribution in [0.15, 0.2) is 29.2 Å². The molecular formula is C12H14ClNO5S. The van der Waals surface area contributed by atoms with Crippen LogP contribution in [0.3, 0.4) is 0 Å². The molecule has 0 fully saturated rings. The van der Waals surface area contributed by atoms with Crippen LogP contribution >= 0.6 is 10.7 Å². The van der Waals surface area contributed by atoms with E-state index in [4.69, 9.17) is 15.4 Å². The number of nitro benzene ring substituents is 1.